The lowest BCUT2D eigenvalue weighted by Gasteiger charge is -2.13. The fraction of sp³-hybridized carbons (Fsp3) is 0.556. The Hall–Kier alpha value is -1.32. The summed E-state index contributed by atoms with van der Waals surface area (Å²) < 4.78 is 8.33. The number of hydrogen-bond acceptors (Lipinski definition) is 2. The topological polar surface area (TPSA) is 26.2 Å². The van der Waals surface area contributed by atoms with Crippen molar-refractivity contribution in [1.29, 1.82) is 0 Å². The van der Waals surface area contributed by atoms with Gasteiger partial charge in [-0.05, 0) is 50.3 Å². The van der Waals surface area contributed by atoms with Crippen LogP contribution in [0.5, 0.6) is 0 Å². The molecule has 0 bridgehead atoms. The molecule has 2 fully saturated rings. The molecule has 0 radical (unpaired) electrons. The maximum atomic E-state index is 5.97. The molecule has 2 unspecified atom stereocenters. The smallest absolute Gasteiger partial charge is 0.0758 e. The maximum Gasteiger partial charge on any atom is 0.0758 e. The van der Waals surface area contributed by atoms with Crippen molar-refractivity contribution >= 4 is 10.9 Å². The molecule has 1 aromatic heterocycles. The minimum atomic E-state index is 0.379. The average molecular weight is 284 g/mol. The van der Waals surface area contributed by atoms with Crippen molar-refractivity contribution in [2.24, 2.45) is 0 Å². The van der Waals surface area contributed by atoms with Crippen LogP contribution >= 0.6 is 0 Å². The average Bonchev–Trinajstić information content (AvgIpc) is 3.10. The van der Waals surface area contributed by atoms with E-state index in [-0.39, 0.29) is 0 Å². The highest BCUT2D eigenvalue weighted by Gasteiger charge is 2.23. The number of benzene rings is 1. The van der Waals surface area contributed by atoms with Gasteiger partial charge < -0.3 is 14.6 Å². The molecule has 4 rings (SSSR count). The molecule has 2 aliphatic rings. The van der Waals surface area contributed by atoms with Crippen molar-refractivity contribution in [2.75, 3.05) is 0 Å². The van der Waals surface area contributed by atoms with Gasteiger partial charge in [0.05, 0.1) is 12.2 Å². The SMILES string of the molecule is CC1CCC(Cn2ccc3c(CNC4CC4)cccc32)O1. The van der Waals surface area contributed by atoms with Crippen LogP contribution in [-0.2, 0) is 17.8 Å². The summed E-state index contributed by atoms with van der Waals surface area (Å²) in [4.78, 5) is 0. The van der Waals surface area contributed by atoms with E-state index in [4.69, 9.17) is 4.74 Å². The zero-order chi connectivity index (χ0) is 14.2. The largest absolute Gasteiger partial charge is 0.373 e. The molecule has 1 saturated carbocycles. The van der Waals surface area contributed by atoms with Crippen LogP contribution in [0.1, 0.15) is 38.2 Å². The summed E-state index contributed by atoms with van der Waals surface area (Å²) >= 11 is 0. The second-order valence-electron chi connectivity index (χ2n) is 6.62. The predicted octanol–water partition coefficient (Wildman–Crippen LogP) is 3.46. The molecular weight excluding hydrogens is 260 g/mol. The van der Waals surface area contributed by atoms with Crippen LogP contribution in [0.3, 0.4) is 0 Å². The Morgan fingerprint density at radius 1 is 1.19 bits per heavy atom. The molecule has 2 aromatic rings. The Kier molecular flexibility index (Phi) is 3.48. The van der Waals surface area contributed by atoms with Crippen molar-refractivity contribution in [3.05, 3.63) is 36.0 Å². The monoisotopic (exact) mass is 284 g/mol. The van der Waals surface area contributed by atoms with Crippen molar-refractivity contribution < 1.29 is 4.74 Å². The summed E-state index contributed by atoms with van der Waals surface area (Å²) in [7, 11) is 0. The molecule has 2 atom stereocenters. The first kappa shape index (κ1) is 13.4. The van der Waals surface area contributed by atoms with Gasteiger partial charge in [0, 0.05) is 36.2 Å². The zero-order valence-corrected chi connectivity index (χ0v) is 12.7. The van der Waals surface area contributed by atoms with E-state index >= 15 is 0 Å². The van der Waals surface area contributed by atoms with Gasteiger partial charge in [-0.3, -0.25) is 0 Å². The van der Waals surface area contributed by atoms with Gasteiger partial charge in [0.1, 0.15) is 0 Å². The molecule has 21 heavy (non-hydrogen) atoms. The number of ether oxygens (including phenoxy) is 1. The molecule has 1 N–H and O–H groups in total. The van der Waals surface area contributed by atoms with Crippen LogP contribution in [-0.4, -0.2) is 22.8 Å². The third kappa shape index (κ3) is 2.85. The Labute approximate surface area is 126 Å². The number of hydrogen-bond donors (Lipinski definition) is 1. The normalized spacial score (nSPS) is 25.8. The van der Waals surface area contributed by atoms with Crippen LogP contribution in [0.4, 0.5) is 0 Å². The van der Waals surface area contributed by atoms with E-state index in [1.54, 1.807) is 0 Å². The van der Waals surface area contributed by atoms with Crippen molar-refractivity contribution in [3.63, 3.8) is 0 Å². The zero-order valence-electron chi connectivity index (χ0n) is 12.7. The summed E-state index contributed by atoms with van der Waals surface area (Å²) in [6.07, 6.45) is 8.09. The molecule has 2 heterocycles. The molecular formula is C18H24N2O. The number of nitrogens with zero attached hydrogens (tertiary/aromatic N) is 1. The quantitative estimate of drug-likeness (QED) is 0.910. The van der Waals surface area contributed by atoms with Crippen LogP contribution < -0.4 is 5.32 Å². The Bertz CT molecular complexity index is 629. The number of fused-ring (bicyclic) bond motifs is 1. The van der Waals surface area contributed by atoms with Gasteiger partial charge in [-0.2, -0.15) is 0 Å². The lowest BCUT2D eigenvalue weighted by Crippen LogP contribution is -2.16. The third-order valence-electron chi connectivity index (χ3n) is 4.78. The minimum Gasteiger partial charge on any atom is -0.373 e. The van der Waals surface area contributed by atoms with Crippen molar-refractivity contribution in [3.8, 4) is 0 Å². The van der Waals surface area contributed by atoms with Crippen LogP contribution in [0.25, 0.3) is 10.9 Å². The highest BCUT2D eigenvalue weighted by Crippen LogP contribution is 2.26. The Morgan fingerprint density at radius 2 is 2.10 bits per heavy atom. The van der Waals surface area contributed by atoms with Gasteiger partial charge >= 0.3 is 0 Å². The fourth-order valence-corrected chi connectivity index (χ4v) is 3.38. The first-order valence-electron chi connectivity index (χ1n) is 8.25. The van der Waals surface area contributed by atoms with Crippen molar-refractivity contribution in [2.45, 2.75) is 63.9 Å². The highest BCUT2D eigenvalue weighted by molar-refractivity contribution is 5.83. The summed E-state index contributed by atoms with van der Waals surface area (Å²) in [6, 6.07) is 9.68. The van der Waals surface area contributed by atoms with Gasteiger partial charge in [0.2, 0.25) is 0 Å². The van der Waals surface area contributed by atoms with Gasteiger partial charge in [0.15, 0.2) is 0 Å². The predicted molar refractivity (Wildman–Crippen MR) is 85.4 cm³/mol. The molecule has 0 amide bonds. The van der Waals surface area contributed by atoms with E-state index in [1.165, 1.54) is 42.1 Å². The minimum absolute atomic E-state index is 0.379. The molecule has 1 aliphatic carbocycles. The standard InChI is InChI=1S/C18H24N2O/c1-13-5-8-16(21-13)12-20-10-9-17-14(3-2-4-18(17)20)11-19-15-6-7-15/h2-4,9-10,13,15-16,19H,5-8,11-12H2,1H3. The van der Waals surface area contributed by atoms with Crippen LogP contribution in [0.2, 0.25) is 0 Å². The molecule has 1 aromatic carbocycles. The summed E-state index contributed by atoms with van der Waals surface area (Å²) in [6.45, 7) is 4.14. The number of nitrogens with one attached hydrogen (secondary N) is 1. The molecule has 3 heteroatoms. The Balaban J connectivity index is 1.54. The number of aromatic nitrogens is 1. The van der Waals surface area contributed by atoms with E-state index in [1.807, 2.05) is 0 Å². The van der Waals surface area contributed by atoms with Gasteiger partial charge in [-0.1, -0.05) is 12.1 Å². The highest BCUT2D eigenvalue weighted by atomic mass is 16.5. The van der Waals surface area contributed by atoms with E-state index < -0.39 is 0 Å². The first-order valence-corrected chi connectivity index (χ1v) is 8.25. The second kappa shape index (κ2) is 5.47. The fourth-order valence-electron chi connectivity index (χ4n) is 3.38. The van der Waals surface area contributed by atoms with Gasteiger partial charge in [-0.25, -0.2) is 0 Å². The van der Waals surface area contributed by atoms with Crippen LogP contribution in [0.15, 0.2) is 30.5 Å². The summed E-state index contributed by atoms with van der Waals surface area (Å²) in [5.74, 6) is 0. The van der Waals surface area contributed by atoms with E-state index in [0.717, 1.165) is 19.1 Å². The van der Waals surface area contributed by atoms with Gasteiger partial charge in [0.25, 0.3) is 0 Å². The first-order chi connectivity index (χ1) is 10.3. The molecule has 1 saturated heterocycles. The van der Waals surface area contributed by atoms with E-state index in [2.05, 4.69) is 47.3 Å². The second-order valence-corrected chi connectivity index (χ2v) is 6.62. The Morgan fingerprint density at radius 3 is 2.86 bits per heavy atom. The van der Waals surface area contributed by atoms with E-state index in [9.17, 15) is 0 Å². The van der Waals surface area contributed by atoms with Crippen molar-refractivity contribution in [1.82, 2.24) is 9.88 Å². The molecule has 1 aliphatic heterocycles. The summed E-state index contributed by atoms with van der Waals surface area (Å²) in [5, 5.41) is 5.01. The maximum absolute atomic E-state index is 5.97. The summed E-state index contributed by atoms with van der Waals surface area (Å²) in [5.41, 5.74) is 2.76. The molecule has 112 valence electrons. The van der Waals surface area contributed by atoms with Gasteiger partial charge in [-0.15, -0.1) is 0 Å². The lowest BCUT2D eigenvalue weighted by atomic mass is 10.1. The van der Waals surface area contributed by atoms with Crippen LogP contribution in [0, 0.1) is 0 Å². The lowest BCUT2D eigenvalue weighted by molar-refractivity contribution is 0.0465. The van der Waals surface area contributed by atoms with E-state index in [0.29, 0.717) is 12.2 Å². The third-order valence-corrected chi connectivity index (χ3v) is 4.78. The molecule has 3 nitrogen and oxygen atoms in total. The molecule has 0 spiro atoms. The number of rotatable bonds is 5.